The van der Waals surface area contributed by atoms with Crippen LogP contribution in [0.4, 0.5) is 0 Å². The summed E-state index contributed by atoms with van der Waals surface area (Å²) in [5.41, 5.74) is 5.62. The molecule has 0 aliphatic carbocycles. The summed E-state index contributed by atoms with van der Waals surface area (Å²) in [6.45, 7) is 1.77. The van der Waals surface area contributed by atoms with Crippen molar-refractivity contribution in [3.05, 3.63) is 58.3 Å². The number of carbonyl (C=O) groups is 2. The van der Waals surface area contributed by atoms with Crippen molar-refractivity contribution in [1.82, 2.24) is 10.9 Å². The van der Waals surface area contributed by atoms with Crippen molar-refractivity contribution in [1.29, 1.82) is 0 Å². The zero-order chi connectivity index (χ0) is 15.8. The summed E-state index contributed by atoms with van der Waals surface area (Å²) in [7, 11) is 0. The topological polar surface area (TPSA) is 67.4 Å². The number of rotatable bonds is 5. The first-order valence-electron chi connectivity index (χ1n) is 6.63. The average Bonchev–Trinajstić information content (AvgIpc) is 3.02. The molecule has 0 unspecified atom stereocenters. The van der Waals surface area contributed by atoms with E-state index in [0.717, 1.165) is 10.4 Å². The number of hydrogen-bond acceptors (Lipinski definition) is 4. The molecule has 0 radical (unpaired) electrons. The van der Waals surface area contributed by atoms with E-state index in [1.807, 2.05) is 42.6 Å². The van der Waals surface area contributed by atoms with Gasteiger partial charge in [0.1, 0.15) is 5.75 Å². The van der Waals surface area contributed by atoms with Gasteiger partial charge in [-0.05, 0) is 42.1 Å². The Labute approximate surface area is 132 Å². The van der Waals surface area contributed by atoms with Gasteiger partial charge in [0.2, 0.25) is 0 Å². The molecule has 2 aromatic rings. The summed E-state index contributed by atoms with van der Waals surface area (Å²) in [5, 5.41) is 1.92. The van der Waals surface area contributed by atoms with Crippen LogP contribution >= 0.6 is 11.3 Å². The largest absolute Gasteiger partial charge is 0.484 e. The van der Waals surface area contributed by atoms with Crippen molar-refractivity contribution < 1.29 is 14.3 Å². The van der Waals surface area contributed by atoms with Gasteiger partial charge in [-0.25, -0.2) is 0 Å². The normalized spacial score (nSPS) is 10.4. The van der Waals surface area contributed by atoms with Gasteiger partial charge in [-0.15, -0.1) is 11.3 Å². The molecule has 1 aromatic carbocycles. The van der Waals surface area contributed by atoms with Gasteiger partial charge in [0.25, 0.3) is 11.8 Å². The third kappa shape index (κ3) is 5.41. The lowest BCUT2D eigenvalue weighted by molar-refractivity contribution is -0.128. The number of hydrazine groups is 1. The summed E-state index contributed by atoms with van der Waals surface area (Å²) in [6, 6.07) is 11.2. The van der Waals surface area contributed by atoms with Gasteiger partial charge in [0.05, 0.1) is 0 Å². The molecule has 6 heteroatoms. The summed E-state index contributed by atoms with van der Waals surface area (Å²) in [5.74, 6) is -0.226. The number of carbonyl (C=O) groups excluding carboxylic acids is 2. The fourth-order valence-electron chi connectivity index (χ4n) is 1.61. The second-order valence-electron chi connectivity index (χ2n) is 4.49. The van der Waals surface area contributed by atoms with E-state index in [0.29, 0.717) is 5.75 Å². The Balaban J connectivity index is 1.70. The van der Waals surface area contributed by atoms with E-state index in [9.17, 15) is 9.59 Å². The highest BCUT2D eigenvalue weighted by molar-refractivity contribution is 7.10. The summed E-state index contributed by atoms with van der Waals surface area (Å²) in [6.07, 6.45) is 3.03. The molecule has 0 spiro atoms. The lowest BCUT2D eigenvalue weighted by atomic mass is 10.2. The molecular weight excluding hydrogens is 300 g/mol. The quantitative estimate of drug-likeness (QED) is 0.657. The van der Waals surface area contributed by atoms with Gasteiger partial charge in [0.15, 0.2) is 6.61 Å². The Morgan fingerprint density at radius 2 is 2.09 bits per heavy atom. The average molecular weight is 316 g/mol. The molecule has 5 nitrogen and oxygen atoms in total. The Bertz CT molecular complexity index is 666. The first-order valence-corrected chi connectivity index (χ1v) is 7.51. The number of amides is 2. The SMILES string of the molecule is Cc1cccc(OCC(=O)NNC(=O)C=Cc2cccs2)c1. The summed E-state index contributed by atoms with van der Waals surface area (Å²) >= 11 is 1.52. The molecule has 0 atom stereocenters. The number of ether oxygens (including phenoxy) is 1. The second-order valence-corrected chi connectivity index (χ2v) is 5.47. The minimum atomic E-state index is -0.431. The Morgan fingerprint density at radius 1 is 1.23 bits per heavy atom. The van der Waals surface area contributed by atoms with E-state index < -0.39 is 11.8 Å². The zero-order valence-electron chi connectivity index (χ0n) is 12.0. The van der Waals surface area contributed by atoms with E-state index in [-0.39, 0.29) is 6.61 Å². The van der Waals surface area contributed by atoms with Crippen molar-refractivity contribution in [3.8, 4) is 5.75 Å². The van der Waals surface area contributed by atoms with Crippen LogP contribution in [0.2, 0.25) is 0 Å². The van der Waals surface area contributed by atoms with E-state index >= 15 is 0 Å². The highest BCUT2D eigenvalue weighted by atomic mass is 32.1. The van der Waals surface area contributed by atoms with Gasteiger partial charge in [0, 0.05) is 11.0 Å². The van der Waals surface area contributed by atoms with Gasteiger partial charge >= 0.3 is 0 Å². The second kappa shape index (κ2) is 7.99. The molecule has 0 bridgehead atoms. The Morgan fingerprint density at radius 3 is 2.82 bits per heavy atom. The first-order chi connectivity index (χ1) is 10.6. The van der Waals surface area contributed by atoms with Crippen molar-refractivity contribution in [3.63, 3.8) is 0 Å². The molecule has 22 heavy (non-hydrogen) atoms. The van der Waals surface area contributed by atoms with E-state index in [2.05, 4.69) is 10.9 Å². The van der Waals surface area contributed by atoms with E-state index in [1.165, 1.54) is 17.4 Å². The fraction of sp³-hybridized carbons (Fsp3) is 0.125. The molecule has 0 fully saturated rings. The van der Waals surface area contributed by atoms with Gasteiger partial charge in [-0.1, -0.05) is 18.2 Å². The monoisotopic (exact) mass is 316 g/mol. The third-order valence-corrected chi connectivity index (χ3v) is 3.46. The number of nitrogens with one attached hydrogen (secondary N) is 2. The van der Waals surface area contributed by atoms with Crippen LogP contribution in [-0.2, 0) is 9.59 Å². The molecule has 2 amide bonds. The third-order valence-electron chi connectivity index (χ3n) is 2.63. The minimum Gasteiger partial charge on any atom is -0.484 e. The van der Waals surface area contributed by atoms with Crippen LogP contribution in [0.15, 0.2) is 47.9 Å². The maximum absolute atomic E-state index is 11.6. The van der Waals surface area contributed by atoms with Crippen LogP contribution in [0, 0.1) is 6.92 Å². The Hall–Kier alpha value is -2.60. The summed E-state index contributed by atoms with van der Waals surface area (Å²) in [4.78, 5) is 24.0. The van der Waals surface area contributed by atoms with E-state index in [4.69, 9.17) is 4.74 Å². The molecule has 1 heterocycles. The number of aryl methyl sites for hydroxylation is 1. The molecule has 0 aliphatic heterocycles. The molecule has 0 saturated heterocycles. The predicted octanol–water partition coefficient (Wildman–Crippen LogP) is 2.30. The van der Waals surface area contributed by atoms with Crippen LogP contribution in [0.25, 0.3) is 6.08 Å². The molecule has 0 saturated carbocycles. The predicted molar refractivity (Wildman–Crippen MR) is 86.3 cm³/mol. The van der Waals surface area contributed by atoms with Crippen LogP contribution < -0.4 is 15.6 Å². The van der Waals surface area contributed by atoms with Crippen LogP contribution in [-0.4, -0.2) is 18.4 Å². The maximum atomic E-state index is 11.6. The van der Waals surface area contributed by atoms with Crippen molar-refractivity contribution >= 4 is 29.2 Å². The summed E-state index contributed by atoms with van der Waals surface area (Å²) < 4.78 is 5.32. The van der Waals surface area contributed by atoms with Gasteiger partial charge < -0.3 is 4.74 Å². The number of hydrogen-bond donors (Lipinski definition) is 2. The van der Waals surface area contributed by atoms with Crippen LogP contribution in [0.1, 0.15) is 10.4 Å². The Kier molecular flexibility index (Phi) is 5.73. The molecular formula is C16H16N2O3S. The minimum absolute atomic E-state index is 0.168. The fourth-order valence-corrected chi connectivity index (χ4v) is 2.23. The molecule has 0 aliphatic rings. The van der Waals surface area contributed by atoms with Crippen molar-refractivity contribution in [2.24, 2.45) is 0 Å². The van der Waals surface area contributed by atoms with Crippen molar-refractivity contribution in [2.45, 2.75) is 6.92 Å². The standard InChI is InChI=1S/C16H16N2O3S/c1-12-4-2-5-13(10-12)21-11-16(20)18-17-15(19)8-7-14-6-3-9-22-14/h2-10H,11H2,1H3,(H,17,19)(H,18,20). The molecule has 1 aromatic heterocycles. The number of thiophene rings is 1. The molecule has 114 valence electrons. The smallest absolute Gasteiger partial charge is 0.276 e. The van der Waals surface area contributed by atoms with E-state index in [1.54, 1.807) is 12.1 Å². The lowest BCUT2D eigenvalue weighted by Crippen LogP contribution is -2.43. The zero-order valence-corrected chi connectivity index (χ0v) is 12.9. The molecule has 2 N–H and O–H groups in total. The first kappa shape index (κ1) is 15.8. The van der Waals surface area contributed by atoms with Crippen LogP contribution in [0.5, 0.6) is 5.75 Å². The van der Waals surface area contributed by atoms with Crippen molar-refractivity contribution in [2.75, 3.05) is 6.61 Å². The number of benzene rings is 1. The van der Waals surface area contributed by atoms with Gasteiger partial charge in [-0.2, -0.15) is 0 Å². The maximum Gasteiger partial charge on any atom is 0.276 e. The van der Waals surface area contributed by atoms with Crippen LogP contribution in [0.3, 0.4) is 0 Å². The highest BCUT2D eigenvalue weighted by Gasteiger charge is 2.04. The molecule has 2 rings (SSSR count). The van der Waals surface area contributed by atoms with Gasteiger partial charge in [-0.3, -0.25) is 20.4 Å². The lowest BCUT2D eigenvalue weighted by Gasteiger charge is -2.07. The highest BCUT2D eigenvalue weighted by Crippen LogP contribution is 2.12.